The second-order valence-corrected chi connectivity index (χ2v) is 10.3. The second kappa shape index (κ2) is 8.35. The van der Waals surface area contributed by atoms with Crippen LogP contribution in [-0.2, 0) is 12.3 Å². The number of benzene rings is 2. The Bertz CT molecular complexity index is 454. The molecular weight excluding hydrogens is 271 g/mol. The number of hydrogen-bond acceptors (Lipinski definition) is 0. The van der Waals surface area contributed by atoms with E-state index in [1.165, 1.54) is 48.6 Å². The minimum Gasteiger partial charge on any atom is -0.0622 e. The van der Waals surface area contributed by atoms with Crippen molar-refractivity contribution >= 4 is 7.26 Å². The van der Waals surface area contributed by atoms with Crippen LogP contribution in [0.2, 0.25) is 0 Å². The fraction of sp³-hybridized carbons (Fsp3) is 0.400. The van der Waals surface area contributed by atoms with Crippen LogP contribution in [0.5, 0.6) is 0 Å². The van der Waals surface area contributed by atoms with E-state index in [9.17, 15) is 0 Å². The molecule has 0 nitrogen and oxygen atoms in total. The normalized spacial score (nSPS) is 11.5. The van der Waals surface area contributed by atoms with Crippen molar-refractivity contribution in [2.45, 2.75) is 39.0 Å². The van der Waals surface area contributed by atoms with Gasteiger partial charge in [-0.25, -0.2) is 0 Å². The van der Waals surface area contributed by atoms with E-state index in [-0.39, 0.29) is 0 Å². The van der Waals surface area contributed by atoms with Gasteiger partial charge in [-0.15, -0.1) is 0 Å². The van der Waals surface area contributed by atoms with Crippen LogP contribution in [0.1, 0.15) is 37.8 Å². The third kappa shape index (κ3) is 4.97. The maximum absolute atomic E-state index is 2.35. The van der Waals surface area contributed by atoms with Crippen LogP contribution in [0, 0.1) is 0 Å². The Balaban J connectivity index is 2.23. The molecule has 0 unspecified atom stereocenters. The minimum atomic E-state index is -0.940. The highest BCUT2D eigenvalue weighted by Gasteiger charge is 2.35. The molecule has 2 rings (SSSR count). The van der Waals surface area contributed by atoms with E-state index < -0.39 is 7.26 Å². The lowest BCUT2D eigenvalue weighted by Crippen LogP contribution is -2.09. The molecule has 0 bridgehead atoms. The first kappa shape index (κ1) is 16.2. The van der Waals surface area contributed by atoms with Crippen LogP contribution in [0.25, 0.3) is 0 Å². The Morgan fingerprint density at radius 2 is 1.00 bits per heavy atom. The van der Waals surface area contributed by atoms with Crippen molar-refractivity contribution in [1.82, 2.24) is 0 Å². The van der Waals surface area contributed by atoms with Gasteiger partial charge in [-0.1, -0.05) is 74.5 Å². The van der Waals surface area contributed by atoms with Crippen molar-refractivity contribution in [3.63, 3.8) is 0 Å². The minimum absolute atomic E-state index is 0.940. The van der Waals surface area contributed by atoms with Gasteiger partial charge in [0.2, 0.25) is 0 Å². The summed E-state index contributed by atoms with van der Waals surface area (Å²) in [6.07, 6.45) is 8.09. The summed E-state index contributed by atoms with van der Waals surface area (Å²) in [5.74, 6) is 0. The highest BCUT2D eigenvalue weighted by Crippen LogP contribution is 2.64. The standard InChI is InChI=1S/C20H28P/c1-3-15-21(16-4-2,17-19-11-7-5-8-12-19)18-20-13-9-6-10-14-20/h5-14H,3-4,15-18H2,1-2H3/q+1. The maximum atomic E-state index is 2.35. The summed E-state index contributed by atoms with van der Waals surface area (Å²) < 4.78 is 0. The summed E-state index contributed by atoms with van der Waals surface area (Å²) in [7, 11) is -0.940. The fourth-order valence-corrected chi connectivity index (χ4v) is 8.21. The zero-order valence-corrected chi connectivity index (χ0v) is 14.4. The first-order valence-corrected chi connectivity index (χ1v) is 10.7. The van der Waals surface area contributed by atoms with E-state index in [0.717, 1.165) is 0 Å². The van der Waals surface area contributed by atoms with Gasteiger partial charge in [-0.05, 0) is 24.0 Å². The first-order chi connectivity index (χ1) is 10.3. The number of hydrogen-bond donors (Lipinski definition) is 0. The molecule has 0 aliphatic rings. The van der Waals surface area contributed by atoms with E-state index >= 15 is 0 Å². The Labute approximate surface area is 130 Å². The van der Waals surface area contributed by atoms with E-state index in [1.807, 2.05) is 0 Å². The Hall–Kier alpha value is -1.13. The smallest absolute Gasteiger partial charge is 0.0622 e. The van der Waals surface area contributed by atoms with Crippen molar-refractivity contribution in [3.8, 4) is 0 Å². The molecule has 0 aliphatic carbocycles. The Morgan fingerprint density at radius 1 is 0.619 bits per heavy atom. The maximum Gasteiger partial charge on any atom is 0.0846 e. The molecule has 0 aliphatic heterocycles. The molecule has 2 aromatic carbocycles. The largest absolute Gasteiger partial charge is 0.0846 e. The predicted molar refractivity (Wildman–Crippen MR) is 97.5 cm³/mol. The third-order valence-corrected chi connectivity index (χ3v) is 8.98. The summed E-state index contributed by atoms with van der Waals surface area (Å²) in [5, 5.41) is 0. The zero-order valence-electron chi connectivity index (χ0n) is 13.5. The summed E-state index contributed by atoms with van der Waals surface area (Å²) in [6, 6.07) is 22.2. The molecule has 112 valence electrons. The van der Waals surface area contributed by atoms with Gasteiger partial charge >= 0.3 is 0 Å². The van der Waals surface area contributed by atoms with Gasteiger partial charge in [-0.2, -0.15) is 0 Å². The van der Waals surface area contributed by atoms with Gasteiger partial charge in [0, 0.05) is 7.26 Å². The molecule has 0 atom stereocenters. The van der Waals surface area contributed by atoms with Crippen molar-refractivity contribution in [2.75, 3.05) is 12.3 Å². The van der Waals surface area contributed by atoms with E-state index in [2.05, 4.69) is 74.5 Å². The van der Waals surface area contributed by atoms with Gasteiger partial charge in [0.15, 0.2) is 0 Å². The van der Waals surface area contributed by atoms with E-state index in [0.29, 0.717) is 0 Å². The highest BCUT2D eigenvalue weighted by atomic mass is 31.2. The first-order valence-electron chi connectivity index (χ1n) is 8.21. The molecule has 0 N–H and O–H groups in total. The molecule has 1 heteroatoms. The molecule has 21 heavy (non-hydrogen) atoms. The van der Waals surface area contributed by atoms with Gasteiger partial charge in [0.1, 0.15) is 0 Å². The van der Waals surface area contributed by atoms with E-state index in [4.69, 9.17) is 0 Å². The molecule has 0 heterocycles. The van der Waals surface area contributed by atoms with Crippen LogP contribution in [0.3, 0.4) is 0 Å². The zero-order chi connectivity index (χ0) is 15.0. The van der Waals surface area contributed by atoms with Crippen LogP contribution in [-0.4, -0.2) is 12.3 Å². The van der Waals surface area contributed by atoms with Gasteiger partial charge < -0.3 is 0 Å². The monoisotopic (exact) mass is 299 g/mol. The summed E-state index contributed by atoms with van der Waals surface area (Å²) in [5.41, 5.74) is 3.06. The lowest BCUT2D eigenvalue weighted by molar-refractivity contribution is 1.01. The molecule has 0 fully saturated rings. The third-order valence-electron chi connectivity index (χ3n) is 4.12. The van der Waals surface area contributed by atoms with Crippen molar-refractivity contribution in [1.29, 1.82) is 0 Å². The number of rotatable bonds is 8. The summed E-state index contributed by atoms with van der Waals surface area (Å²) >= 11 is 0. The van der Waals surface area contributed by atoms with Gasteiger partial charge in [0.05, 0.1) is 24.6 Å². The highest BCUT2D eigenvalue weighted by molar-refractivity contribution is 7.74. The van der Waals surface area contributed by atoms with Crippen LogP contribution in [0.4, 0.5) is 0 Å². The van der Waals surface area contributed by atoms with E-state index in [1.54, 1.807) is 0 Å². The molecule has 0 saturated carbocycles. The predicted octanol–water partition coefficient (Wildman–Crippen LogP) is 6.22. The Morgan fingerprint density at radius 3 is 1.33 bits per heavy atom. The van der Waals surface area contributed by atoms with Crippen LogP contribution >= 0.6 is 7.26 Å². The van der Waals surface area contributed by atoms with Gasteiger partial charge in [-0.3, -0.25) is 0 Å². The van der Waals surface area contributed by atoms with Crippen LogP contribution in [0.15, 0.2) is 60.7 Å². The average Bonchev–Trinajstić information content (AvgIpc) is 2.50. The molecular formula is C20H28P+. The lowest BCUT2D eigenvalue weighted by atomic mass is 10.2. The molecule has 0 saturated heterocycles. The van der Waals surface area contributed by atoms with Crippen molar-refractivity contribution in [3.05, 3.63) is 71.8 Å². The fourth-order valence-electron chi connectivity index (χ4n) is 3.37. The summed E-state index contributed by atoms with van der Waals surface area (Å²) in [4.78, 5) is 0. The van der Waals surface area contributed by atoms with Gasteiger partial charge in [0.25, 0.3) is 0 Å². The molecule has 0 radical (unpaired) electrons. The molecule has 0 spiro atoms. The quantitative estimate of drug-likeness (QED) is 0.507. The second-order valence-electron chi connectivity index (χ2n) is 6.08. The van der Waals surface area contributed by atoms with Crippen LogP contribution < -0.4 is 0 Å². The lowest BCUT2D eigenvalue weighted by Gasteiger charge is -2.27. The summed E-state index contributed by atoms with van der Waals surface area (Å²) in [6.45, 7) is 4.70. The van der Waals surface area contributed by atoms with Crippen molar-refractivity contribution < 1.29 is 0 Å². The van der Waals surface area contributed by atoms with Crippen molar-refractivity contribution in [2.24, 2.45) is 0 Å². The molecule has 0 aromatic heterocycles. The Kier molecular flexibility index (Phi) is 6.46. The topological polar surface area (TPSA) is 0 Å². The average molecular weight is 299 g/mol. The molecule has 2 aromatic rings. The molecule has 0 amide bonds. The SMILES string of the molecule is CCC[P+](CCC)(Cc1ccccc1)Cc1ccccc1.